The first-order valence-corrected chi connectivity index (χ1v) is 10.4. The Hall–Kier alpha value is -3.48. The minimum absolute atomic E-state index is 0.000465. The molecule has 160 valence electrons. The van der Waals surface area contributed by atoms with Crippen LogP contribution in [-0.2, 0) is 4.79 Å². The van der Waals surface area contributed by atoms with Crippen molar-refractivity contribution in [3.05, 3.63) is 66.2 Å². The van der Waals surface area contributed by atoms with Gasteiger partial charge >= 0.3 is 5.97 Å². The SMILES string of the molecule is CN(C(=O)C(C)(C)C)c1ccc(OC(=O)c2nc(C3CC3)n(-c3ccccc3)n2)cc1. The van der Waals surface area contributed by atoms with Crippen LogP contribution in [0.3, 0.4) is 0 Å². The van der Waals surface area contributed by atoms with Crippen LogP contribution in [0, 0.1) is 5.41 Å². The van der Waals surface area contributed by atoms with Crippen LogP contribution < -0.4 is 9.64 Å². The zero-order valence-electron chi connectivity index (χ0n) is 18.2. The van der Waals surface area contributed by atoms with Gasteiger partial charge in [-0.1, -0.05) is 39.0 Å². The number of hydrogen-bond donors (Lipinski definition) is 0. The summed E-state index contributed by atoms with van der Waals surface area (Å²) in [7, 11) is 1.73. The van der Waals surface area contributed by atoms with Gasteiger partial charge in [0.25, 0.3) is 5.82 Å². The molecule has 0 spiro atoms. The summed E-state index contributed by atoms with van der Waals surface area (Å²) in [6, 6.07) is 16.5. The molecule has 31 heavy (non-hydrogen) atoms. The molecule has 7 nitrogen and oxygen atoms in total. The lowest BCUT2D eigenvalue weighted by Crippen LogP contribution is -2.36. The largest absolute Gasteiger partial charge is 0.421 e. The molecule has 1 aliphatic carbocycles. The summed E-state index contributed by atoms with van der Waals surface area (Å²) in [5, 5.41) is 4.41. The van der Waals surface area contributed by atoms with Gasteiger partial charge < -0.3 is 9.64 Å². The quantitative estimate of drug-likeness (QED) is 0.454. The highest BCUT2D eigenvalue weighted by Crippen LogP contribution is 2.39. The van der Waals surface area contributed by atoms with Gasteiger partial charge in [0.2, 0.25) is 5.91 Å². The van der Waals surface area contributed by atoms with Crippen molar-refractivity contribution in [2.45, 2.75) is 39.5 Å². The van der Waals surface area contributed by atoms with E-state index in [0.29, 0.717) is 11.7 Å². The molecule has 0 unspecified atom stereocenters. The number of nitrogens with zero attached hydrogens (tertiary/aromatic N) is 4. The van der Waals surface area contributed by atoms with Crippen LogP contribution in [0.4, 0.5) is 5.69 Å². The monoisotopic (exact) mass is 418 g/mol. The van der Waals surface area contributed by atoms with Gasteiger partial charge in [-0.3, -0.25) is 4.79 Å². The fraction of sp³-hybridized carbons (Fsp3) is 0.333. The molecule has 1 aromatic heterocycles. The minimum atomic E-state index is -0.608. The van der Waals surface area contributed by atoms with Gasteiger partial charge in [0, 0.05) is 24.1 Å². The molecule has 2 aromatic carbocycles. The van der Waals surface area contributed by atoms with Crippen LogP contribution in [0.5, 0.6) is 5.75 Å². The van der Waals surface area contributed by atoms with Crippen molar-refractivity contribution >= 4 is 17.6 Å². The minimum Gasteiger partial charge on any atom is -0.421 e. The summed E-state index contributed by atoms with van der Waals surface area (Å²) < 4.78 is 7.21. The van der Waals surface area contributed by atoms with Crippen LogP contribution in [0.2, 0.25) is 0 Å². The Morgan fingerprint density at radius 2 is 1.68 bits per heavy atom. The highest BCUT2D eigenvalue weighted by atomic mass is 16.5. The molecule has 1 aliphatic rings. The molecule has 0 radical (unpaired) electrons. The Bertz CT molecular complexity index is 1090. The number of rotatable bonds is 5. The molecule has 7 heteroatoms. The highest BCUT2D eigenvalue weighted by Gasteiger charge is 2.32. The summed E-state index contributed by atoms with van der Waals surface area (Å²) in [4.78, 5) is 31.2. The van der Waals surface area contributed by atoms with E-state index in [4.69, 9.17) is 4.74 Å². The molecule has 1 amide bonds. The summed E-state index contributed by atoms with van der Waals surface area (Å²) in [5.41, 5.74) is 1.11. The first kappa shape index (κ1) is 20.8. The number of carbonyl (C=O) groups excluding carboxylic acids is 2. The molecule has 0 aliphatic heterocycles. The van der Waals surface area contributed by atoms with Crippen molar-refractivity contribution in [3.8, 4) is 11.4 Å². The van der Waals surface area contributed by atoms with Gasteiger partial charge in [-0.15, -0.1) is 5.10 Å². The normalized spacial score (nSPS) is 13.7. The number of esters is 1. The van der Waals surface area contributed by atoms with E-state index in [1.165, 1.54) is 0 Å². The number of amides is 1. The van der Waals surface area contributed by atoms with Crippen LogP contribution in [-0.4, -0.2) is 33.7 Å². The van der Waals surface area contributed by atoms with Gasteiger partial charge in [-0.25, -0.2) is 14.5 Å². The summed E-state index contributed by atoms with van der Waals surface area (Å²) in [6.07, 6.45) is 2.09. The summed E-state index contributed by atoms with van der Waals surface area (Å²) >= 11 is 0. The Morgan fingerprint density at radius 3 is 2.26 bits per heavy atom. The van der Waals surface area contributed by atoms with Gasteiger partial charge in [0.05, 0.1) is 5.69 Å². The van der Waals surface area contributed by atoms with Crippen molar-refractivity contribution in [3.63, 3.8) is 0 Å². The predicted octanol–water partition coefficient (Wildman–Crippen LogP) is 4.37. The maximum Gasteiger partial charge on any atom is 0.383 e. The number of hydrogen-bond acceptors (Lipinski definition) is 5. The van der Waals surface area contributed by atoms with Crippen LogP contribution >= 0.6 is 0 Å². The molecular weight excluding hydrogens is 392 g/mol. The zero-order chi connectivity index (χ0) is 22.2. The van der Waals surface area contributed by atoms with Crippen molar-refractivity contribution in [1.82, 2.24) is 14.8 Å². The summed E-state index contributed by atoms with van der Waals surface area (Å²) in [6.45, 7) is 5.62. The van der Waals surface area contributed by atoms with Crippen LogP contribution in [0.25, 0.3) is 5.69 Å². The first-order chi connectivity index (χ1) is 14.7. The molecule has 1 heterocycles. The molecule has 0 N–H and O–H groups in total. The van der Waals surface area contributed by atoms with E-state index in [-0.39, 0.29) is 11.7 Å². The second-order valence-corrected chi connectivity index (χ2v) is 8.81. The van der Waals surface area contributed by atoms with Crippen molar-refractivity contribution in [2.75, 3.05) is 11.9 Å². The van der Waals surface area contributed by atoms with Crippen LogP contribution in [0.15, 0.2) is 54.6 Å². The second-order valence-electron chi connectivity index (χ2n) is 8.81. The van der Waals surface area contributed by atoms with E-state index < -0.39 is 11.4 Å². The molecule has 0 saturated heterocycles. The van der Waals surface area contributed by atoms with Crippen molar-refractivity contribution < 1.29 is 14.3 Å². The average Bonchev–Trinajstić information content (AvgIpc) is 3.51. The van der Waals surface area contributed by atoms with E-state index in [1.807, 2.05) is 51.1 Å². The van der Waals surface area contributed by atoms with Crippen molar-refractivity contribution in [2.24, 2.45) is 5.41 Å². The number of carbonyl (C=O) groups is 2. The molecule has 3 aromatic rings. The molecule has 0 bridgehead atoms. The van der Waals surface area contributed by atoms with Gasteiger partial charge in [0.1, 0.15) is 11.6 Å². The Balaban J connectivity index is 1.51. The van der Waals surface area contributed by atoms with Crippen LogP contribution in [0.1, 0.15) is 56.0 Å². The topological polar surface area (TPSA) is 77.3 Å². The van der Waals surface area contributed by atoms with Gasteiger partial charge in [-0.05, 0) is 49.2 Å². The predicted molar refractivity (Wildman–Crippen MR) is 118 cm³/mol. The van der Waals surface area contributed by atoms with E-state index in [0.717, 1.165) is 30.0 Å². The van der Waals surface area contributed by atoms with E-state index in [9.17, 15) is 9.59 Å². The van der Waals surface area contributed by atoms with E-state index in [2.05, 4.69) is 10.1 Å². The molecule has 1 saturated carbocycles. The maximum atomic E-state index is 12.7. The van der Waals surface area contributed by atoms with E-state index >= 15 is 0 Å². The fourth-order valence-electron chi connectivity index (χ4n) is 3.29. The lowest BCUT2D eigenvalue weighted by atomic mass is 9.95. The standard InChI is InChI=1S/C24H26N4O3/c1-24(2,3)23(30)27(4)17-12-14-19(15-13-17)31-22(29)20-25-21(16-10-11-16)28(26-20)18-8-6-5-7-9-18/h5-9,12-16H,10-11H2,1-4H3. The lowest BCUT2D eigenvalue weighted by molar-refractivity contribution is -0.125. The summed E-state index contributed by atoms with van der Waals surface area (Å²) in [5.74, 6) is 0.911. The molecule has 4 rings (SSSR count). The Morgan fingerprint density at radius 1 is 1.03 bits per heavy atom. The Labute approximate surface area is 181 Å². The number of anilines is 1. The maximum absolute atomic E-state index is 12.7. The number of benzene rings is 2. The number of para-hydroxylation sites is 1. The number of aromatic nitrogens is 3. The third-order valence-electron chi connectivity index (χ3n) is 5.14. The van der Waals surface area contributed by atoms with Crippen molar-refractivity contribution in [1.29, 1.82) is 0 Å². The van der Waals surface area contributed by atoms with Gasteiger partial charge in [0.15, 0.2) is 0 Å². The average molecular weight is 418 g/mol. The number of ether oxygens (including phenoxy) is 1. The molecular formula is C24H26N4O3. The van der Waals surface area contributed by atoms with Gasteiger partial charge in [-0.2, -0.15) is 0 Å². The first-order valence-electron chi connectivity index (χ1n) is 10.4. The fourth-order valence-corrected chi connectivity index (χ4v) is 3.29. The lowest BCUT2D eigenvalue weighted by Gasteiger charge is -2.26. The Kier molecular flexibility index (Phi) is 5.35. The molecule has 0 atom stereocenters. The zero-order valence-corrected chi connectivity index (χ0v) is 18.2. The third kappa shape index (κ3) is 4.50. The third-order valence-corrected chi connectivity index (χ3v) is 5.14. The highest BCUT2D eigenvalue weighted by molar-refractivity contribution is 5.96. The second kappa shape index (κ2) is 7.98. The molecule has 1 fully saturated rings. The smallest absolute Gasteiger partial charge is 0.383 e. The van der Waals surface area contributed by atoms with E-state index in [1.54, 1.807) is 40.9 Å².